The molecule has 0 bridgehead atoms. The topological polar surface area (TPSA) is 112 Å². The van der Waals surface area contributed by atoms with Crippen LogP contribution in [-0.4, -0.2) is 52.5 Å². The summed E-state index contributed by atoms with van der Waals surface area (Å²) in [4.78, 5) is 36.5. The van der Waals surface area contributed by atoms with Gasteiger partial charge in [0.2, 0.25) is 0 Å². The number of hydrogen-bond acceptors (Lipinski definition) is 6. The zero-order valence-corrected chi connectivity index (χ0v) is 12.5. The van der Waals surface area contributed by atoms with Gasteiger partial charge >= 0.3 is 0 Å². The normalized spacial score (nSPS) is 11.6. The number of allylic oxidation sites excluding steroid dienone is 3. The third-order valence-electron chi connectivity index (χ3n) is 3.85. The van der Waals surface area contributed by atoms with E-state index in [1.54, 1.807) is 0 Å². The summed E-state index contributed by atoms with van der Waals surface area (Å²) in [5.41, 5.74) is -3.38. The smallest absolute Gasteiger partial charge is 0.176 e. The largest absolute Gasteiger partial charge is 0.396 e. The second-order valence-electron chi connectivity index (χ2n) is 5.08. The van der Waals surface area contributed by atoms with Crippen molar-refractivity contribution in [2.75, 3.05) is 19.8 Å². The molecule has 0 aromatic heterocycles. The van der Waals surface area contributed by atoms with E-state index in [0.29, 0.717) is 0 Å². The standard InChI is InChI=1S/C16H22O6/c1-4-12(20)16(13(21)5-2,14(22)6-3)8-7-15(9-17,10-18)11-19/h4-6,17-19H,1-3,7-11H2. The summed E-state index contributed by atoms with van der Waals surface area (Å²) in [6.07, 6.45) is 2.15. The fourth-order valence-electron chi connectivity index (χ4n) is 2.10. The van der Waals surface area contributed by atoms with Crippen LogP contribution in [0.1, 0.15) is 12.8 Å². The SMILES string of the molecule is C=CC(=O)C(CCC(CO)(CO)CO)(C(=O)C=C)C(=O)C=C. The number of aliphatic hydroxyl groups excluding tert-OH is 3. The Morgan fingerprint density at radius 2 is 1.05 bits per heavy atom. The van der Waals surface area contributed by atoms with Gasteiger partial charge < -0.3 is 15.3 Å². The lowest BCUT2D eigenvalue weighted by atomic mass is 9.68. The third-order valence-corrected chi connectivity index (χ3v) is 3.85. The lowest BCUT2D eigenvalue weighted by molar-refractivity contribution is -0.144. The predicted octanol–water partition coefficient (Wildman–Crippen LogP) is -0.0184. The van der Waals surface area contributed by atoms with E-state index in [1.807, 2.05) is 0 Å². The van der Waals surface area contributed by atoms with Crippen molar-refractivity contribution in [2.24, 2.45) is 10.8 Å². The minimum absolute atomic E-state index is 0.130. The maximum atomic E-state index is 12.2. The fourth-order valence-corrected chi connectivity index (χ4v) is 2.10. The molecule has 0 rings (SSSR count). The molecule has 6 heteroatoms. The van der Waals surface area contributed by atoms with Crippen LogP contribution in [0.15, 0.2) is 38.0 Å². The van der Waals surface area contributed by atoms with Gasteiger partial charge in [0, 0.05) is 5.41 Å². The first kappa shape index (κ1) is 20.1. The summed E-state index contributed by atoms with van der Waals surface area (Å²) in [6, 6.07) is 0. The Labute approximate surface area is 129 Å². The van der Waals surface area contributed by atoms with Crippen LogP contribution in [0.4, 0.5) is 0 Å². The quantitative estimate of drug-likeness (QED) is 0.345. The van der Waals surface area contributed by atoms with Crippen LogP contribution in [0.5, 0.6) is 0 Å². The van der Waals surface area contributed by atoms with Gasteiger partial charge in [-0.15, -0.1) is 0 Å². The molecule has 0 fully saturated rings. The van der Waals surface area contributed by atoms with Crippen LogP contribution in [-0.2, 0) is 14.4 Å². The molecule has 0 amide bonds. The Morgan fingerprint density at radius 1 is 0.727 bits per heavy atom. The van der Waals surface area contributed by atoms with Gasteiger partial charge in [0.15, 0.2) is 22.8 Å². The Morgan fingerprint density at radius 3 is 1.27 bits per heavy atom. The minimum atomic E-state index is -2.07. The molecule has 0 saturated heterocycles. The molecule has 0 spiro atoms. The zero-order valence-electron chi connectivity index (χ0n) is 12.5. The highest BCUT2D eigenvalue weighted by Crippen LogP contribution is 2.35. The monoisotopic (exact) mass is 310 g/mol. The van der Waals surface area contributed by atoms with E-state index in [-0.39, 0.29) is 12.8 Å². The van der Waals surface area contributed by atoms with Crippen molar-refractivity contribution < 1.29 is 29.7 Å². The van der Waals surface area contributed by atoms with Crippen molar-refractivity contribution in [3.05, 3.63) is 38.0 Å². The lowest BCUT2D eigenvalue weighted by Gasteiger charge is -2.32. The Hall–Kier alpha value is -1.89. The van der Waals surface area contributed by atoms with Crippen LogP contribution in [0.25, 0.3) is 0 Å². The number of ketones is 3. The van der Waals surface area contributed by atoms with E-state index < -0.39 is 48.0 Å². The second kappa shape index (κ2) is 8.53. The molecule has 3 N–H and O–H groups in total. The van der Waals surface area contributed by atoms with Crippen molar-refractivity contribution in [2.45, 2.75) is 12.8 Å². The van der Waals surface area contributed by atoms with Crippen LogP contribution in [0, 0.1) is 10.8 Å². The van der Waals surface area contributed by atoms with Crippen LogP contribution >= 0.6 is 0 Å². The highest BCUT2D eigenvalue weighted by molar-refractivity contribution is 6.31. The molecule has 0 aromatic carbocycles. The lowest BCUT2D eigenvalue weighted by Crippen LogP contribution is -2.46. The summed E-state index contributed by atoms with van der Waals surface area (Å²) in [6.45, 7) is 8.18. The van der Waals surface area contributed by atoms with Crippen LogP contribution < -0.4 is 0 Å². The van der Waals surface area contributed by atoms with Gasteiger partial charge in [0.05, 0.1) is 19.8 Å². The molecule has 6 nitrogen and oxygen atoms in total. The maximum Gasteiger partial charge on any atom is 0.176 e. The van der Waals surface area contributed by atoms with Gasteiger partial charge in [-0.2, -0.15) is 0 Å². The van der Waals surface area contributed by atoms with Gasteiger partial charge in [-0.05, 0) is 31.1 Å². The number of aliphatic hydroxyl groups is 3. The Kier molecular flexibility index (Phi) is 7.80. The average molecular weight is 310 g/mol. The minimum Gasteiger partial charge on any atom is -0.396 e. The van der Waals surface area contributed by atoms with E-state index in [2.05, 4.69) is 19.7 Å². The molecule has 0 radical (unpaired) electrons. The number of rotatable bonds is 12. The number of hydrogen-bond donors (Lipinski definition) is 3. The first-order chi connectivity index (χ1) is 10.3. The molecule has 0 atom stereocenters. The van der Waals surface area contributed by atoms with Crippen molar-refractivity contribution in [1.29, 1.82) is 0 Å². The van der Waals surface area contributed by atoms with Gasteiger partial charge in [0.1, 0.15) is 0 Å². The summed E-state index contributed by atoms with van der Waals surface area (Å²) in [5.74, 6) is -2.44. The molecule has 0 aliphatic heterocycles. The van der Waals surface area contributed by atoms with Crippen molar-refractivity contribution in [3.63, 3.8) is 0 Å². The van der Waals surface area contributed by atoms with Gasteiger partial charge in [-0.1, -0.05) is 19.7 Å². The molecule has 0 aromatic rings. The molecule has 0 aliphatic rings. The summed E-state index contributed by atoms with van der Waals surface area (Å²) < 4.78 is 0. The van der Waals surface area contributed by atoms with E-state index >= 15 is 0 Å². The molecule has 122 valence electrons. The fraction of sp³-hybridized carbons (Fsp3) is 0.438. The van der Waals surface area contributed by atoms with Crippen LogP contribution in [0.3, 0.4) is 0 Å². The average Bonchev–Trinajstić information content (AvgIpc) is 2.57. The molecular formula is C16H22O6. The Bertz CT molecular complexity index is 414. The van der Waals surface area contributed by atoms with E-state index in [0.717, 1.165) is 18.2 Å². The molecular weight excluding hydrogens is 288 g/mol. The molecule has 0 saturated carbocycles. The maximum absolute atomic E-state index is 12.2. The summed E-state index contributed by atoms with van der Waals surface area (Å²) >= 11 is 0. The zero-order chi connectivity index (χ0) is 17.4. The molecule has 0 unspecified atom stereocenters. The Balaban J connectivity index is 5.87. The van der Waals surface area contributed by atoms with E-state index in [4.69, 9.17) is 0 Å². The van der Waals surface area contributed by atoms with Gasteiger partial charge in [-0.25, -0.2) is 0 Å². The summed E-state index contributed by atoms with van der Waals surface area (Å²) in [7, 11) is 0. The van der Waals surface area contributed by atoms with E-state index in [1.165, 1.54) is 0 Å². The molecule has 0 heterocycles. The molecule has 22 heavy (non-hydrogen) atoms. The second-order valence-corrected chi connectivity index (χ2v) is 5.08. The first-order valence-corrected chi connectivity index (χ1v) is 6.67. The number of carbonyl (C=O) groups excluding carboxylic acids is 3. The molecule has 0 aliphatic carbocycles. The van der Waals surface area contributed by atoms with E-state index in [9.17, 15) is 29.7 Å². The van der Waals surface area contributed by atoms with Gasteiger partial charge in [0.25, 0.3) is 0 Å². The van der Waals surface area contributed by atoms with Crippen molar-refractivity contribution in [1.82, 2.24) is 0 Å². The van der Waals surface area contributed by atoms with Crippen LogP contribution in [0.2, 0.25) is 0 Å². The highest BCUT2D eigenvalue weighted by Gasteiger charge is 2.49. The van der Waals surface area contributed by atoms with Gasteiger partial charge in [-0.3, -0.25) is 14.4 Å². The predicted molar refractivity (Wildman–Crippen MR) is 81.0 cm³/mol. The first-order valence-electron chi connectivity index (χ1n) is 6.67. The summed E-state index contributed by atoms with van der Waals surface area (Å²) in [5, 5.41) is 28.0. The highest BCUT2D eigenvalue weighted by atomic mass is 16.3. The van der Waals surface area contributed by atoms with Crippen molar-refractivity contribution in [3.8, 4) is 0 Å². The van der Waals surface area contributed by atoms with Crippen molar-refractivity contribution >= 4 is 17.3 Å². The third kappa shape index (κ3) is 3.65. The number of carbonyl (C=O) groups is 3.